The Hall–Kier alpha value is -1.60. The van der Waals surface area contributed by atoms with E-state index in [1.54, 1.807) is 7.11 Å². The second-order valence-corrected chi connectivity index (χ2v) is 6.21. The molecule has 1 N–H and O–H groups in total. The van der Waals surface area contributed by atoms with Crippen LogP contribution >= 0.6 is 0 Å². The topological polar surface area (TPSA) is 41.6 Å². The molecule has 1 amide bonds. The minimum absolute atomic E-state index is 0.00773. The number of nitrogens with one attached hydrogen (secondary N) is 1. The zero-order valence-corrected chi connectivity index (χ0v) is 13.9. The molecule has 134 valence electrons. The van der Waals surface area contributed by atoms with Gasteiger partial charge in [-0.25, -0.2) is 0 Å². The lowest BCUT2D eigenvalue weighted by atomic mass is 9.96. The van der Waals surface area contributed by atoms with E-state index >= 15 is 0 Å². The Labute approximate surface area is 140 Å². The SMILES string of the molecule is COCc1cccc(CN2C[C@@H](NC(C)=O)CC[C@@H]2C(F)(F)F)c1. The number of hydrogen-bond donors (Lipinski definition) is 1. The second kappa shape index (κ2) is 7.98. The van der Waals surface area contributed by atoms with Crippen LogP contribution in [0.2, 0.25) is 0 Å². The van der Waals surface area contributed by atoms with Crippen molar-refractivity contribution in [2.75, 3.05) is 13.7 Å². The van der Waals surface area contributed by atoms with E-state index < -0.39 is 12.2 Å². The third-order valence-corrected chi connectivity index (χ3v) is 4.16. The Kier molecular flexibility index (Phi) is 6.23. The van der Waals surface area contributed by atoms with Crippen LogP contribution < -0.4 is 5.32 Å². The summed E-state index contributed by atoms with van der Waals surface area (Å²) >= 11 is 0. The Morgan fingerprint density at radius 2 is 2.04 bits per heavy atom. The molecule has 0 aliphatic carbocycles. The number of rotatable bonds is 5. The number of hydrogen-bond acceptors (Lipinski definition) is 3. The number of likely N-dealkylation sites (tertiary alicyclic amines) is 1. The molecule has 2 atom stereocenters. The summed E-state index contributed by atoms with van der Waals surface area (Å²) in [5.41, 5.74) is 1.73. The first-order chi connectivity index (χ1) is 11.3. The highest BCUT2D eigenvalue weighted by Gasteiger charge is 2.46. The summed E-state index contributed by atoms with van der Waals surface area (Å²) in [7, 11) is 1.58. The van der Waals surface area contributed by atoms with E-state index in [4.69, 9.17) is 4.74 Å². The average Bonchev–Trinajstić information content (AvgIpc) is 2.46. The fourth-order valence-corrected chi connectivity index (χ4v) is 3.21. The van der Waals surface area contributed by atoms with Gasteiger partial charge in [0, 0.05) is 33.2 Å². The highest BCUT2D eigenvalue weighted by molar-refractivity contribution is 5.73. The van der Waals surface area contributed by atoms with E-state index in [1.165, 1.54) is 11.8 Å². The van der Waals surface area contributed by atoms with E-state index in [0.717, 1.165) is 11.1 Å². The highest BCUT2D eigenvalue weighted by atomic mass is 19.4. The lowest BCUT2D eigenvalue weighted by Gasteiger charge is -2.40. The van der Waals surface area contributed by atoms with Crippen LogP contribution in [0.5, 0.6) is 0 Å². The number of carbonyl (C=O) groups is 1. The number of methoxy groups -OCH3 is 1. The molecule has 1 saturated heterocycles. The van der Waals surface area contributed by atoms with Gasteiger partial charge < -0.3 is 10.1 Å². The normalized spacial score (nSPS) is 22.4. The minimum atomic E-state index is -4.27. The van der Waals surface area contributed by atoms with Gasteiger partial charge in [-0.05, 0) is 24.0 Å². The number of nitrogens with zero attached hydrogens (tertiary/aromatic N) is 1. The van der Waals surface area contributed by atoms with E-state index in [2.05, 4.69) is 5.32 Å². The molecule has 0 saturated carbocycles. The van der Waals surface area contributed by atoms with Crippen LogP contribution in [0.1, 0.15) is 30.9 Å². The fraction of sp³-hybridized carbons (Fsp3) is 0.588. The largest absolute Gasteiger partial charge is 0.404 e. The van der Waals surface area contributed by atoms with Crippen molar-refractivity contribution < 1.29 is 22.7 Å². The number of alkyl halides is 3. The maximum atomic E-state index is 13.3. The molecule has 0 unspecified atom stereocenters. The van der Waals surface area contributed by atoms with Crippen LogP contribution in [0, 0.1) is 0 Å². The molecule has 7 heteroatoms. The molecular formula is C17H23F3N2O2. The summed E-state index contributed by atoms with van der Waals surface area (Å²) in [4.78, 5) is 12.6. The van der Waals surface area contributed by atoms with Gasteiger partial charge in [0.1, 0.15) is 6.04 Å². The number of ether oxygens (including phenoxy) is 1. The molecule has 0 spiro atoms. The maximum Gasteiger partial charge on any atom is 0.404 e. The number of carbonyl (C=O) groups excluding carboxylic acids is 1. The molecule has 1 aliphatic rings. The van der Waals surface area contributed by atoms with Crippen molar-refractivity contribution >= 4 is 5.91 Å². The zero-order valence-electron chi connectivity index (χ0n) is 13.9. The lowest BCUT2D eigenvalue weighted by Crippen LogP contribution is -2.55. The molecule has 0 bridgehead atoms. The van der Waals surface area contributed by atoms with Crippen molar-refractivity contribution in [3.8, 4) is 0 Å². The molecule has 1 aliphatic heterocycles. The van der Waals surface area contributed by atoms with Gasteiger partial charge in [-0.3, -0.25) is 9.69 Å². The van der Waals surface area contributed by atoms with Crippen molar-refractivity contribution in [3.05, 3.63) is 35.4 Å². The van der Waals surface area contributed by atoms with Gasteiger partial charge in [0.15, 0.2) is 0 Å². The third-order valence-electron chi connectivity index (χ3n) is 4.16. The van der Waals surface area contributed by atoms with Gasteiger partial charge in [-0.15, -0.1) is 0 Å². The predicted octanol–water partition coefficient (Wildman–Crippen LogP) is 2.86. The number of benzene rings is 1. The maximum absolute atomic E-state index is 13.3. The average molecular weight is 344 g/mol. The van der Waals surface area contributed by atoms with E-state index in [9.17, 15) is 18.0 Å². The Balaban J connectivity index is 2.14. The van der Waals surface area contributed by atoms with Crippen LogP contribution in [0.15, 0.2) is 24.3 Å². The summed E-state index contributed by atoms with van der Waals surface area (Å²) in [6, 6.07) is 5.65. The smallest absolute Gasteiger partial charge is 0.380 e. The molecule has 0 radical (unpaired) electrons. The Morgan fingerprint density at radius 1 is 1.33 bits per heavy atom. The first kappa shape index (κ1) is 18.7. The van der Waals surface area contributed by atoms with E-state index in [-0.39, 0.29) is 31.5 Å². The third kappa shape index (κ3) is 5.21. The van der Waals surface area contributed by atoms with Crippen LogP contribution in [0.4, 0.5) is 13.2 Å². The van der Waals surface area contributed by atoms with Gasteiger partial charge in [0.25, 0.3) is 0 Å². The molecule has 1 fully saturated rings. The van der Waals surface area contributed by atoms with Crippen molar-refractivity contribution in [2.24, 2.45) is 0 Å². The standard InChI is InChI=1S/C17H23F3N2O2/c1-12(23)21-15-6-7-16(17(18,19)20)22(10-15)9-13-4-3-5-14(8-13)11-24-2/h3-5,8,15-16H,6-7,9-11H2,1-2H3,(H,21,23)/t15-,16+/m0/s1. The van der Waals surface area contributed by atoms with Crippen LogP contribution in [-0.2, 0) is 22.7 Å². The van der Waals surface area contributed by atoms with Gasteiger partial charge in [0.2, 0.25) is 5.91 Å². The summed E-state index contributed by atoms with van der Waals surface area (Å²) in [5.74, 6) is -0.215. The fourth-order valence-electron chi connectivity index (χ4n) is 3.21. The predicted molar refractivity (Wildman–Crippen MR) is 84.2 cm³/mol. The molecule has 2 rings (SSSR count). The number of piperidine rings is 1. The van der Waals surface area contributed by atoms with Crippen molar-refractivity contribution in [3.63, 3.8) is 0 Å². The first-order valence-electron chi connectivity index (χ1n) is 7.94. The summed E-state index contributed by atoms with van der Waals surface area (Å²) in [6.07, 6.45) is -3.94. The second-order valence-electron chi connectivity index (χ2n) is 6.21. The quantitative estimate of drug-likeness (QED) is 0.893. The summed E-state index contributed by atoms with van der Waals surface area (Å²) < 4.78 is 45.1. The minimum Gasteiger partial charge on any atom is -0.380 e. The van der Waals surface area contributed by atoms with Gasteiger partial charge >= 0.3 is 6.18 Å². The van der Waals surface area contributed by atoms with Gasteiger partial charge in [-0.2, -0.15) is 13.2 Å². The molecule has 0 aromatic heterocycles. The van der Waals surface area contributed by atoms with Gasteiger partial charge in [0.05, 0.1) is 6.61 Å². The van der Waals surface area contributed by atoms with E-state index in [1.807, 2.05) is 24.3 Å². The first-order valence-corrected chi connectivity index (χ1v) is 7.94. The molecule has 24 heavy (non-hydrogen) atoms. The highest BCUT2D eigenvalue weighted by Crippen LogP contribution is 2.33. The molecular weight excluding hydrogens is 321 g/mol. The summed E-state index contributed by atoms with van der Waals surface area (Å²) in [6.45, 7) is 2.19. The number of amides is 1. The van der Waals surface area contributed by atoms with Crippen LogP contribution in [-0.4, -0.2) is 42.7 Å². The molecule has 4 nitrogen and oxygen atoms in total. The molecule has 1 heterocycles. The van der Waals surface area contributed by atoms with Gasteiger partial charge in [-0.1, -0.05) is 24.3 Å². The van der Waals surface area contributed by atoms with Crippen molar-refractivity contribution in [2.45, 2.75) is 51.2 Å². The Morgan fingerprint density at radius 3 is 2.67 bits per heavy atom. The van der Waals surface area contributed by atoms with Crippen molar-refractivity contribution in [1.29, 1.82) is 0 Å². The molecule has 1 aromatic carbocycles. The lowest BCUT2D eigenvalue weighted by molar-refractivity contribution is -0.194. The van der Waals surface area contributed by atoms with E-state index in [0.29, 0.717) is 13.0 Å². The molecule has 1 aromatic rings. The Bertz CT molecular complexity index is 563. The monoisotopic (exact) mass is 344 g/mol. The van der Waals surface area contributed by atoms with Crippen LogP contribution in [0.3, 0.4) is 0 Å². The zero-order chi connectivity index (χ0) is 17.7. The summed E-state index contributed by atoms with van der Waals surface area (Å²) in [5, 5.41) is 2.73. The number of halogens is 3. The van der Waals surface area contributed by atoms with Crippen LogP contribution in [0.25, 0.3) is 0 Å². The van der Waals surface area contributed by atoms with Crippen molar-refractivity contribution in [1.82, 2.24) is 10.2 Å².